The third kappa shape index (κ3) is 4.67. The molecular formula is C52H33NO. The fourth-order valence-corrected chi connectivity index (χ4v) is 8.63. The maximum Gasteiger partial charge on any atom is 0.159 e. The molecule has 0 aliphatic carbocycles. The molecule has 0 saturated carbocycles. The van der Waals surface area contributed by atoms with E-state index in [1.807, 2.05) is 6.07 Å². The van der Waals surface area contributed by atoms with E-state index >= 15 is 0 Å². The minimum absolute atomic E-state index is 0.859. The van der Waals surface area contributed by atoms with Gasteiger partial charge in [0.05, 0.1) is 17.1 Å². The first-order valence-electron chi connectivity index (χ1n) is 18.5. The highest BCUT2D eigenvalue weighted by Gasteiger charge is 2.25. The van der Waals surface area contributed by atoms with Crippen molar-refractivity contribution in [3.05, 3.63) is 200 Å². The molecule has 0 radical (unpaired) electrons. The van der Waals surface area contributed by atoms with Crippen LogP contribution in [0.5, 0.6) is 0 Å². The highest BCUT2D eigenvalue weighted by molar-refractivity contribution is 6.30. The van der Waals surface area contributed by atoms with E-state index in [9.17, 15) is 0 Å². The van der Waals surface area contributed by atoms with Gasteiger partial charge in [0.2, 0.25) is 0 Å². The van der Waals surface area contributed by atoms with Crippen molar-refractivity contribution in [1.82, 2.24) is 0 Å². The highest BCUT2D eigenvalue weighted by atomic mass is 16.3. The van der Waals surface area contributed by atoms with Crippen molar-refractivity contribution in [2.45, 2.75) is 0 Å². The fourth-order valence-electron chi connectivity index (χ4n) is 8.63. The summed E-state index contributed by atoms with van der Waals surface area (Å²) in [7, 11) is 0. The van der Waals surface area contributed by atoms with E-state index in [2.05, 4.69) is 199 Å². The number of para-hydroxylation sites is 4. The van der Waals surface area contributed by atoms with E-state index in [0.29, 0.717) is 0 Å². The van der Waals surface area contributed by atoms with Crippen LogP contribution in [0, 0.1) is 0 Å². The summed E-state index contributed by atoms with van der Waals surface area (Å²) in [6.07, 6.45) is 0. The number of hydrogen-bond donors (Lipinski definition) is 0. The van der Waals surface area contributed by atoms with Crippen molar-refractivity contribution < 1.29 is 4.42 Å². The lowest BCUT2D eigenvalue weighted by atomic mass is 9.87. The second-order valence-corrected chi connectivity index (χ2v) is 14.0. The molecule has 0 aliphatic heterocycles. The lowest BCUT2D eigenvalue weighted by molar-refractivity contribution is 0.669. The second kappa shape index (κ2) is 12.2. The van der Waals surface area contributed by atoms with Crippen molar-refractivity contribution in [1.29, 1.82) is 0 Å². The number of rotatable bonds is 5. The van der Waals surface area contributed by atoms with Gasteiger partial charge >= 0.3 is 0 Å². The number of anilines is 3. The molecule has 0 aliphatic rings. The second-order valence-electron chi connectivity index (χ2n) is 14.0. The summed E-state index contributed by atoms with van der Waals surface area (Å²) in [4.78, 5) is 2.42. The zero-order valence-electron chi connectivity index (χ0n) is 29.4. The van der Waals surface area contributed by atoms with Crippen molar-refractivity contribution in [2.24, 2.45) is 0 Å². The summed E-state index contributed by atoms with van der Waals surface area (Å²) < 4.78 is 6.77. The van der Waals surface area contributed by atoms with E-state index in [1.54, 1.807) is 0 Å². The zero-order valence-corrected chi connectivity index (χ0v) is 29.4. The normalized spacial score (nSPS) is 11.7. The van der Waals surface area contributed by atoms with Gasteiger partial charge in [-0.05, 0) is 84.5 Å². The Morgan fingerprint density at radius 3 is 1.67 bits per heavy atom. The Bertz CT molecular complexity index is 3230. The quantitative estimate of drug-likeness (QED) is 0.168. The predicted molar refractivity (Wildman–Crippen MR) is 229 cm³/mol. The first-order chi connectivity index (χ1) is 26.8. The molecule has 252 valence electrons. The van der Waals surface area contributed by atoms with E-state index in [1.165, 1.54) is 48.7 Å². The molecule has 11 rings (SSSR count). The molecule has 2 nitrogen and oxygen atoms in total. The van der Waals surface area contributed by atoms with Crippen LogP contribution >= 0.6 is 0 Å². The fraction of sp³-hybridized carbons (Fsp3) is 0. The van der Waals surface area contributed by atoms with Gasteiger partial charge in [-0.25, -0.2) is 0 Å². The average Bonchev–Trinajstić information content (AvgIpc) is 3.63. The number of furan rings is 1. The van der Waals surface area contributed by atoms with E-state index in [-0.39, 0.29) is 0 Å². The third-order valence-corrected chi connectivity index (χ3v) is 11.0. The Labute approximate surface area is 312 Å². The van der Waals surface area contributed by atoms with Gasteiger partial charge in [0.1, 0.15) is 5.58 Å². The van der Waals surface area contributed by atoms with Crippen LogP contribution in [-0.4, -0.2) is 0 Å². The number of fused-ring (bicyclic) bond motifs is 10. The topological polar surface area (TPSA) is 16.4 Å². The summed E-state index contributed by atoms with van der Waals surface area (Å²) in [5, 5.41) is 12.2. The molecule has 2 heteroatoms. The first kappa shape index (κ1) is 30.5. The van der Waals surface area contributed by atoms with E-state index < -0.39 is 0 Å². The molecular weight excluding hydrogens is 655 g/mol. The van der Waals surface area contributed by atoms with Crippen LogP contribution in [0.2, 0.25) is 0 Å². The summed E-state index contributed by atoms with van der Waals surface area (Å²) in [6, 6.07) is 72.2. The Morgan fingerprint density at radius 2 is 0.870 bits per heavy atom. The van der Waals surface area contributed by atoms with Gasteiger partial charge in [-0.1, -0.05) is 170 Å². The molecule has 0 amide bonds. The van der Waals surface area contributed by atoms with Gasteiger partial charge < -0.3 is 9.32 Å². The van der Waals surface area contributed by atoms with Crippen molar-refractivity contribution in [3.63, 3.8) is 0 Å². The van der Waals surface area contributed by atoms with E-state index in [4.69, 9.17) is 4.42 Å². The minimum atomic E-state index is 0.859. The number of nitrogens with zero attached hydrogens (tertiary/aromatic N) is 1. The van der Waals surface area contributed by atoms with Gasteiger partial charge in [0.25, 0.3) is 0 Å². The van der Waals surface area contributed by atoms with Crippen LogP contribution in [0.25, 0.3) is 87.3 Å². The minimum Gasteiger partial charge on any atom is -0.454 e. The molecule has 0 spiro atoms. The predicted octanol–water partition coefficient (Wildman–Crippen LogP) is 15.0. The maximum atomic E-state index is 6.77. The van der Waals surface area contributed by atoms with Crippen LogP contribution in [0.4, 0.5) is 17.1 Å². The largest absolute Gasteiger partial charge is 0.454 e. The zero-order chi connectivity index (χ0) is 35.6. The molecule has 10 aromatic carbocycles. The van der Waals surface area contributed by atoms with Crippen LogP contribution < -0.4 is 4.90 Å². The molecule has 0 unspecified atom stereocenters. The average molecular weight is 688 g/mol. The molecule has 1 aromatic heterocycles. The van der Waals surface area contributed by atoms with Crippen molar-refractivity contribution >= 4 is 82.1 Å². The molecule has 0 saturated heterocycles. The van der Waals surface area contributed by atoms with Crippen LogP contribution in [0.1, 0.15) is 0 Å². The number of benzene rings is 10. The lowest BCUT2D eigenvalue weighted by Gasteiger charge is -2.30. The Morgan fingerprint density at radius 1 is 0.315 bits per heavy atom. The monoisotopic (exact) mass is 687 g/mol. The molecule has 0 fully saturated rings. The summed E-state index contributed by atoms with van der Waals surface area (Å²) in [5.41, 5.74) is 9.50. The Balaban J connectivity index is 1.27. The Hall–Kier alpha value is -7.16. The Kier molecular flexibility index (Phi) is 6.90. The summed E-state index contributed by atoms with van der Waals surface area (Å²) in [5.74, 6) is 0. The first-order valence-corrected chi connectivity index (χ1v) is 18.5. The maximum absolute atomic E-state index is 6.77. The summed E-state index contributed by atoms with van der Waals surface area (Å²) >= 11 is 0. The van der Waals surface area contributed by atoms with Gasteiger partial charge in [-0.15, -0.1) is 0 Å². The third-order valence-electron chi connectivity index (χ3n) is 11.0. The van der Waals surface area contributed by atoms with Crippen molar-refractivity contribution in [2.75, 3.05) is 4.90 Å². The van der Waals surface area contributed by atoms with Crippen LogP contribution in [0.3, 0.4) is 0 Å². The number of hydrogen-bond acceptors (Lipinski definition) is 2. The van der Waals surface area contributed by atoms with E-state index in [0.717, 1.165) is 55.7 Å². The SMILES string of the molecule is c1ccc(-c2ccccc2N(c2ccccc2-c2cc3ccc4ccccc4c3c3c2ccc2ccccc23)c2cccc3c2oc2ccccc23)cc1. The van der Waals surface area contributed by atoms with Gasteiger partial charge in [-0.2, -0.15) is 0 Å². The van der Waals surface area contributed by atoms with Gasteiger partial charge in [0.15, 0.2) is 5.58 Å². The molecule has 11 aromatic rings. The molecule has 1 heterocycles. The highest BCUT2D eigenvalue weighted by Crippen LogP contribution is 2.50. The molecule has 54 heavy (non-hydrogen) atoms. The van der Waals surface area contributed by atoms with Crippen LogP contribution in [0.15, 0.2) is 205 Å². The molecule has 0 atom stereocenters. The lowest BCUT2D eigenvalue weighted by Crippen LogP contribution is -2.12. The van der Waals surface area contributed by atoms with Gasteiger partial charge in [-0.3, -0.25) is 0 Å². The van der Waals surface area contributed by atoms with Crippen molar-refractivity contribution in [3.8, 4) is 22.3 Å². The summed E-state index contributed by atoms with van der Waals surface area (Å²) in [6.45, 7) is 0. The molecule has 0 bridgehead atoms. The van der Waals surface area contributed by atoms with Crippen LogP contribution in [-0.2, 0) is 0 Å². The smallest absolute Gasteiger partial charge is 0.159 e. The standard InChI is InChI=1S/C52H33NO/c1-2-15-34(16-3-1)38-19-8-11-25-46(38)53(48-27-14-24-44-42-23-10-13-28-49(42)54-52(44)48)47-26-12-9-22-41(47)45-33-37-30-29-35-17-4-6-20-39(35)50(37)51-40-21-7-5-18-36(40)31-32-43(45)51/h1-33H. The molecule has 0 N–H and O–H groups in total. The van der Waals surface area contributed by atoms with Gasteiger partial charge in [0, 0.05) is 21.9 Å².